The number of pyridine rings is 1. The zero-order valence-electron chi connectivity index (χ0n) is 12.7. The molecule has 1 fully saturated rings. The van der Waals surface area contributed by atoms with E-state index in [0.717, 1.165) is 30.2 Å². The van der Waals surface area contributed by atoms with E-state index >= 15 is 0 Å². The molecule has 3 rings (SSSR count). The van der Waals surface area contributed by atoms with Gasteiger partial charge in [0.25, 0.3) is 0 Å². The molecule has 1 N–H and O–H groups in total. The molecule has 116 valence electrons. The van der Waals surface area contributed by atoms with Crippen LogP contribution in [0.4, 0.5) is 15.9 Å². The van der Waals surface area contributed by atoms with Gasteiger partial charge in [-0.3, -0.25) is 0 Å². The van der Waals surface area contributed by atoms with Crippen LogP contribution < -0.4 is 10.2 Å². The standard InChI is InChI=1S/C17H20FN3O/c1-13-3-2-4-17(20-13)19-12-14-5-6-16(15(18)11-14)21-7-9-22-10-8-21/h2-6,11H,7-10,12H2,1H3,(H,19,20). The summed E-state index contributed by atoms with van der Waals surface area (Å²) >= 11 is 0. The van der Waals surface area contributed by atoms with Crippen LogP contribution >= 0.6 is 0 Å². The third-order valence-electron chi connectivity index (χ3n) is 3.73. The lowest BCUT2D eigenvalue weighted by molar-refractivity contribution is 0.122. The molecule has 1 aliphatic heterocycles. The number of nitrogens with zero attached hydrogens (tertiary/aromatic N) is 2. The first-order chi connectivity index (χ1) is 10.7. The zero-order valence-corrected chi connectivity index (χ0v) is 12.7. The molecule has 0 bridgehead atoms. The molecule has 0 amide bonds. The van der Waals surface area contributed by atoms with Crippen LogP contribution in [0, 0.1) is 12.7 Å². The van der Waals surface area contributed by atoms with Gasteiger partial charge in [0.05, 0.1) is 18.9 Å². The van der Waals surface area contributed by atoms with Crippen LogP contribution in [-0.4, -0.2) is 31.3 Å². The minimum atomic E-state index is -0.182. The Labute approximate surface area is 129 Å². The van der Waals surface area contributed by atoms with Gasteiger partial charge < -0.3 is 15.0 Å². The molecule has 4 nitrogen and oxygen atoms in total. The summed E-state index contributed by atoms with van der Waals surface area (Å²) in [5.74, 6) is 0.621. The van der Waals surface area contributed by atoms with Gasteiger partial charge in [0.1, 0.15) is 11.6 Å². The molecule has 2 heterocycles. The van der Waals surface area contributed by atoms with Crippen molar-refractivity contribution in [1.29, 1.82) is 0 Å². The van der Waals surface area contributed by atoms with Crippen molar-refractivity contribution in [2.45, 2.75) is 13.5 Å². The van der Waals surface area contributed by atoms with E-state index in [9.17, 15) is 4.39 Å². The average molecular weight is 301 g/mol. The highest BCUT2D eigenvalue weighted by Crippen LogP contribution is 2.22. The molecule has 5 heteroatoms. The highest BCUT2D eigenvalue weighted by atomic mass is 19.1. The van der Waals surface area contributed by atoms with E-state index in [-0.39, 0.29) is 5.82 Å². The second kappa shape index (κ2) is 6.75. The molecule has 22 heavy (non-hydrogen) atoms. The lowest BCUT2D eigenvalue weighted by Crippen LogP contribution is -2.36. The van der Waals surface area contributed by atoms with Crippen LogP contribution in [0.15, 0.2) is 36.4 Å². The SMILES string of the molecule is Cc1cccc(NCc2ccc(N3CCOCC3)c(F)c2)n1. The summed E-state index contributed by atoms with van der Waals surface area (Å²) in [5.41, 5.74) is 2.51. The van der Waals surface area contributed by atoms with Gasteiger partial charge in [-0.25, -0.2) is 9.37 Å². The Morgan fingerprint density at radius 3 is 2.77 bits per heavy atom. The minimum absolute atomic E-state index is 0.182. The van der Waals surface area contributed by atoms with E-state index < -0.39 is 0 Å². The van der Waals surface area contributed by atoms with Gasteiger partial charge in [-0.05, 0) is 36.8 Å². The molecule has 1 aromatic heterocycles. The Kier molecular flexibility index (Phi) is 4.53. The second-order valence-corrected chi connectivity index (χ2v) is 5.40. The maximum Gasteiger partial charge on any atom is 0.146 e. The number of anilines is 2. The molecule has 1 saturated heterocycles. The highest BCUT2D eigenvalue weighted by molar-refractivity contribution is 5.50. The predicted octanol–water partition coefficient (Wildman–Crippen LogP) is 2.98. The van der Waals surface area contributed by atoms with Crippen molar-refractivity contribution in [2.75, 3.05) is 36.5 Å². The highest BCUT2D eigenvalue weighted by Gasteiger charge is 2.15. The van der Waals surface area contributed by atoms with Crippen LogP contribution in [-0.2, 0) is 11.3 Å². The van der Waals surface area contributed by atoms with Crippen molar-refractivity contribution < 1.29 is 9.13 Å². The maximum atomic E-state index is 14.3. The summed E-state index contributed by atoms with van der Waals surface area (Å²) in [6.45, 7) is 5.28. The van der Waals surface area contributed by atoms with E-state index in [4.69, 9.17) is 4.74 Å². The normalized spacial score (nSPS) is 14.9. The van der Waals surface area contributed by atoms with Crippen molar-refractivity contribution in [1.82, 2.24) is 4.98 Å². The van der Waals surface area contributed by atoms with Crippen molar-refractivity contribution in [3.8, 4) is 0 Å². The number of aromatic nitrogens is 1. The van der Waals surface area contributed by atoms with Gasteiger partial charge in [-0.15, -0.1) is 0 Å². The Morgan fingerprint density at radius 1 is 1.23 bits per heavy atom. The van der Waals surface area contributed by atoms with Gasteiger partial charge in [0.15, 0.2) is 0 Å². The van der Waals surface area contributed by atoms with E-state index in [1.807, 2.05) is 42.2 Å². The summed E-state index contributed by atoms with van der Waals surface area (Å²) in [4.78, 5) is 6.40. The monoisotopic (exact) mass is 301 g/mol. The van der Waals surface area contributed by atoms with Crippen LogP contribution in [0.25, 0.3) is 0 Å². The first-order valence-corrected chi connectivity index (χ1v) is 7.51. The van der Waals surface area contributed by atoms with Crippen molar-refractivity contribution >= 4 is 11.5 Å². The van der Waals surface area contributed by atoms with Crippen LogP contribution in [0.3, 0.4) is 0 Å². The summed E-state index contributed by atoms with van der Waals surface area (Å²) in [5, 5.41) is 3.22. The number of nitrogens with one attached hydrogen (secondary N) is 1. The first-order valence-electron chi connectivity index (χ1n) is 7.51. The third-order valence-corrected chi connectivity index (χ3v) is 3.73. The second-order valence-electron chi connectivity index (χ2n) is 5.40. The smallest absolute Gasteiger partial charge is 0.146 e. The van der Waals surface area contributed by atoms with Gasteiger partial charge >= 0.3 is 0 Å². The topological polar surface area (TPSA) is 37.4 Å². The molecule has 0 aliphatic carbocycles. The molecular weight excluding hydrogens is 281 g/mol. The zero-order chi connectivity index (χ0) is 15.4. The average Bonchev–Trinajstić information content (AvgIpc) is 2.54. The quantitative estimate of drug-likeness (QED) is 0.942. The Morgan fingerprint density at radius 2 is 2.05 bits per heavy atom. The lowest BCUT2D eigenvalue weighted by Gasteiger charge is -2.29. The Balaban J connectivity index is 1.66. The van der Waals surface area contributed by atoms with E-state index in [0.29, 0.717) is 25.4 Å². The number of hydrogen-bond acceptors (Lipinski definition) is 4. The van der Waals surface area contributed by atoms with E-state index in [1.165, 1.54) is 0 Å². The number of aryl methyl sites for hydroxylation is 1. The van der Waals surface area contributed by atoms with Crippen LogP contribution in [0.2, 0.25) is 0 Å². The Hall–Kier alpha value is -2.14. The Bertz CT molecular complexity index is 642. The predicted molar refractivity (Wildman–Crippen MR) is 85.7 cm³/mol. The fourth-order valence-electron chi connectivity index (χ4n) is 2.56. The van der Waals surface area contributed by atoms with E-state index in [2.05, 4.69) is 10.3 Å². The number of rotatable bonds is 4. The van der Waals surface area contributed by atoms with Crippen molar-refractivity contribution in [3.63, 3.8) is 0 Å². The fraction of sp³-hybridized carbons (Fsp3) is 0.353. The number of morpholine rings is 1. The van der Waals surface area contributed by atoms with Gasteiger partial charge in [-0.2, -0.15) is 0 Å². The molecule has 0 unspecified atom stereocenters. The number of benzene rings is 1. The number of hydrogen-bond donors (Lipinski definition) is 1. The molecule has 0 saturated carbocycles. The lowest BCUT2D eigenvalue weighted by atomic mass is 10.1. The summed E-state index contributed by atoms with van der Waals surface area (Å²) in [6, 6.07) is 11.2. The van der Waals surface area contributed by atoms with Gasteiger partial charge in [-0.1, -0.05) is 12.1 Å². The van der Waals surface area contributed by atoms with Crippen molar-refractivity contribution in [3.05, 3.63) is 53.5 Å². The largest absolute Gasteiger partial charge is 0.378 e. The van der Waals surface area contributed by atoms with Crippen LogP contribution in [0.1, 0.15) is 11.3 Å². The molecule has 0 radical (unpaired) electrons. The fourth-order valence-corrected chi connectivity index (χ4v) is 2.56. The minimum Gasteiger partial charge on any atom is -0.378 e. The summed E-state index contributed by atoms with van der Waals surface area (Å²) < 4.78 is 19.6. The third kappa shape index (κ3) is 3.54. The first kappa shape index (κ1) is 14.8. The molecular formula is C17H20FN3O. The van der Waals surface area contributed by atoms with Gasteiger partial charge in [0, 0.05) is 25.3 Å². The van der Waals surface area contributed by atoms with E-state index in [1.54, 1.807) is 6.07 Å². The molecule has 2 aromatic rings. The maximum absolute atomic E-state index is 14.3. The summed E-state index contributed by atoms with van der Waals surface area (Å²) in [7, 11) is 0. The van der Waals surface area contributed by atoms with Crippen molar-refractivity contribution in [2.24, 2.45) is 0 Å². The number of halogens is 1. The number of ether oxygens (including phenoxy) is 1. The molecule has 1 aliphatic rings. The summed E-state index contributed by atoms with van der Waals surface area (Å²) in [6.07, 6.45) is 0. The van der Waals surface area contributed by atoms with Crippen LogP contribution in [0.5, 0.6) is 0 Å². The molecule has 0 atom stereocenters. The van der Waals surface area contributed by atoms with Gasteiger partial charge in [0.2, 0.25) is 0 Å². The molecule has 0 spiro atoms. The molecule has 1 aromatic carbocycles.